The molecule has 0 spiro atoms. The van der Waals surface area contributed by atoms with Crippen LogP contribution in [0.25, 0.3) is 0 Å². The summed E-state index contributed by atoms with van der Waals surface area (Å²) >= 11 is 1.90. The average molecular weight is 713 g/mol. The van der Waals surface area contributed by atoms with Crippen molar-refractivity contribution in [3.8, 4) is 0 Å². The number of rotatable bonds is 19. The van der Waals surface area contributed by atoms with Gasteiger partial charge in [-0.2, -0.15) is 0 Å². The van der Waals surface area contributed by atoms with Crippen molar-refractivity contribution in [1.29, 1.82) is 0 Å². The van der Waals surface area contributed by atoms with E-state index in [-0.39, 0.29) is 34.2 Å². The molecule has 0 heterocycles. The second-order valence-corrected chi connectivity index (χ2v) is 20.1. The van der Waals surface area contributed by atoms with Crippen molar-refractivity contribution < 1.29 is 19.1 Å². The lowest BCUT2D eigenvalue weighted by Crippen LogP contribution is -2.68. The van der Waals surface area contributed by atoms with Gasteiger partial charge in [0.05, 0.1) is 18.8 Å². The van der Waals surface area contributed by atoms with Crippen LogP contribution in [0.15, 0.2) is 120 Å². The molecule has 0 radical (unpaired) electrons. The molecule has 3 aromatic carbocycles. The molecule has 0 unspecified atom stereocenters. The van der Waals surface area contributed by atoms with E-state index in [0.29, 0.717) is 19.4 Å². The van der Waals surface area contributed by atoms with Crippen LogP contribution in [0.3, 0.4) is 0 Å². The predicted octanol–water partition coefficient (Wildman–Crippen LogP) is 9.91. The van der Waals surface area contributed by atoms with Gasteiger partial charge in [-0.25, -0.2) is 0 Å². The fourth-order valence-electron chi connectivity index (χ4n) is 7.62. The summed E-state index contributed by atoms with van der Waals surface area (Å²) in [5, 5.41) is 14.4. The van der Waals surface area contributed by atoms with Gasteiger partial charge in [-0.05, 0) is 72.5 Å². The molecule has 1 fully saturated rings. The largest absolute Gasteiger partial charge is 0.466 e. The van der Waals surface area contributed by atoms with Gasteiger partial charge in [-0.15, -0.1) is 11.8 Å². The van der Waals surface area contributed by atoms with E-state index in [0.717, 1.165) is 38.5 Å². The summed E-state index contributed by atoms with van der Waals surface area (Å²) in [5.41, 5.74) is 0. The number of thioether (sulfide) groups is 1. The normalized spacial score (nSPS) is 20.4. The maximum absolute atomic E-state index is 11.9. The Morgan fingerprint density at radius 2 is 1.50 bits per heavy atom. The predicted molar refractivity (Wildman–Crippen MR) is 214 cm³/mol. The topological polar surface area (TPSA) is 55.8 Å². The smallest absolute Gasteiger partial charge is 0.305 e. The average Bonchev–Trinajstić information content (AvgIpc) is 3.42. The van der Waals surface area contributed by atoms with Crippen LogP contribution in [0.2, 0.25) is 5.04 Å². The molecule has 5 atom stereocenters. The van der Waals surface area contributed by atoms with Crippen molar-refractivity contribution in [2.24, 2.45) is 11.8 Å². The van der Waals surface area contributed by atoms with Crippen LogP contribution in [0.4, 0.5) is 0 Å². The second-order valence-electron chi connectivity index (χ2n) is 14.6. The zero-order valence-corrected chi connectivity index (χ0v) is 32.8. The molecule has 4 nitrogen and oxygen atoms in total. The fraction of sp³-hybridized carbons (Fsp3) is 0.477. The molecule has 0 bridgehead atoms. The van der Waals surface area contributed by atoms with Gasteiger partial charge in [0.1, 0.15) is 0 Å². The molecule has 3 aromatic rings. The summed E-state index contributed by atoms with van der Waals surface area (Å²) in [4.78, 5) is 12.9. The van der Waals surface area contributed by atoms with E-state index < -0.39 is 14.4 Å². The van der Waals surface area contributed by atoms with Crippen molar-refractivity contribution in [2.75, 3.05) is 6.61 Å². The van der Waals surface area contributed by atoms with Gasteiger partial charge < -0.3 is 14.3 Å². The third kappa shape index (κ3) is 10.8. The third-order valence-corrected chi connectivity index (χ3v) is 16.3. The third-order valence-electron chi connectivity index (χ3n) is 9.99. The summed E-state index contributed by atoms with van der Waals surface area (Å²) in [6.07, 6.45) is 16.5. The summed E-state index contributed by atoms with van der Waals surface area (Å²) in [5.74, 6) is 0.163. The highest BCUT2D eigenvalue weighted by molar-refractivity contribution is 8.00. The van der Waals surface area contributed by atoms with Crippen molar-refractivity contribution in [2.45, 2.75) is 120 Å². The SMILES string of the molecule is CCCCC[C@@H]1[C@H]([C@@H](/C=C\C/C=C\CCCC(=O)OCC)Sc2ccccc2)[C@@H](O[Si](c2ccccc2)(c2ccccc2)C(C)(C)C)C[C@@H]1O. The van der Waals surface area contributed by atoms with Crippen LogP contribution in [0.1, 0.15) is 92.4 Å². The second kappa shape index (κ2) is 20.2. The Morgan fingerprint density at radius 1 is 0.880 bits per heavy atom. The number of hydrogen-bond acceptors (Lipinski definition) is 5. The number of aliphatic hydroxyl groups is 1. The summed E-state index contributed by atoms with van der Waals surface area (Å²) in [6, 6.07) is 32.5. The highest BCUT2D eigenvalue weighted by Crippen LogP contribution is 2.48. The first-order chi connectivity index (χ1) is 24.2. The first kappa shape index (κ1) is 39.9. The van der Waals surface area contributed by atoms with Crippen LogP contribution in [0, 0.1) is 11.8 Å². The molecular formula is C44H60O4SSi. The van der Waals surface area contributed by atoms with Gasteiger partial charge in [0, 0.05) is 22.5 Å². The standard InChI is InChI=1S/C44H60O4SSi/c1-6-8-16-31-38-39(45)34-40(48-50(44(3,4)5,36-27-19-14-20-28-36)37-29-21-15-22-30-37)43(38)41(49-35-25-17-13-18-26-35)32-23-11-9-10-12-24-33-42(46)47-7-2/h9-10,13-15,17-23,25-30,32,38-41,43,45H,6-8,11-12,16,24,31,33-34H2,1-5H3/b10-9-,32-23-/t38-,39-,40-,41+,43-/m0/s1. The monoisotopic (exact) mass is 712 g/mol. The molecule has 0 saturated heterocycles. The molecule has 50 heavy (non-hydrogen) atoms. The van der Waals surface area contributed by atoms with E-state index >= 15 is 0 Å². The molecule has 0 aromatic heterocycles. The number of carbonyl (C=O) groups is 1. The van der Waals surface area contributed by atoms with E-state index in [4.69, 9.17) is 9.16 Å². The lowest BCUT2D eigenvalue weighted by Gasteiger charge is -2.46. The van der Waals surface area contributed by atoms with Crippen LogP contribution in [0.5, 0.6) is 0 Å². The van der Waals surface area contributed by atoms with Gasteiger partial charge >= 0.3 is 5.97 Å². The Morgan fingerprint density at radius 3 is 2.08 bits per heavy atom. The van der Waals surface area contributed by atoms with Gasteiger partial charge in [-0.1, -0.05) is 150 Å². The van der Waals surface area contributed by atoms with Crippen LogP contribution < -0.4 is 10.4 Å². The molecule has 1 aliphatic carbocycles. The number of hydrogen-bond donors (Lipinski definition) is 1. The quantitative estimate of drug-likeness (QED) is 0.0441. The van der Waals surface area contributed by atoms with Gasteiger partial charge in [-0.3, -0.25) is 4.79 Å². The number of ether oxygens (including phenoxy) is 1. The summed E-state index contributed by atoms with van der Waals surface area (Å²) in [6.45, 7) is 11.5. The summed E-state index contributed by atoms with van der Waals surface area (Å²) in [7, 11) is -2.85. The molecule has 270 valence electrons. The molecule has 6 heteroatoms. The van der Waals surface area contributed by atoms with Crippen molar-refractivity contribution >= 4 is 36.4 Å². The van der Waals surface area contributed by atoms with E-state index in [1.54, 1.807) is 0 Å². The highest BCUT2D eigenvalue weighted by Gasteiger charge is 2.55. The number of benzene rings is 3. The lowest BCUT2D eigenvalue weighted by atomic mass is 9.86. The maximum atomic E-state index is 11.9. The van der Waals surface area contributed by atoms with Crippen LogP contribution >= 0.6 is 11.8 Å². The molecule has 0 aliphatic heterocycles. The number of carbonyl (C=O) groups excluding carboxylic acids is 1. The molecule has 4 rings (SSSR count). The van der Waals surface area contributed by atoms with Gasteiger partial charge in [0.25, 0.3) is 8.32 Å². The van der Waals surface area contributed by atoms with E-state index in [9.17, 15) is 9.90 Å². The first-order valence-corrected chi connectivity index (χ1v) is 21.7. The minimum Gasteiger partial charge on any atom is -0.466 e. The van der Waals surface area contributed by atoms with Crippen molar-refractivity contribution in [3.63, 3.8) is 0 Å². The van der Waals surface area contributed by atoms with Gasteiger partial charge in [0.2, 0.25) is 0 Å². The Hall–Kier alpha value is -2.90. The van der Waals surface area contributed by atoms with E-state index in [2.05, 4.69) is 143 Å². The molecule has 1 saturated carbocycles. The number of aliphatic hydroxyl groups excluding tert-OH is 1. The highest BCUT2D eigenvalue weighted by atomic mass is 32.2. The number of unbranched alkanes of at least 4 members (excludes halogenated alkanes) is 3. The minimum atomic E-state index is -2.85. The zero-order valence-electron chi connectivity index (χ0n) is 31.0. The Balaban J connectivity index is 1.71. The maximum Gasteiger partial charge on any atom is 0.305 e. The lowest BCUT2D eigenvalue weighted by molar-refractivity contribution is -0.143. The first-order valence-electron chi connectivity index (χ1n) is 18.9. The minimum absolute atomic E-state index is 0.104. The Labute approximate surface area is 307 Å². The Bertz CT molecular complexity index is 1410. The molecule has 1 N–H and O–H groups in total. The molecular weight excluding hydrogens is 653 g/mol. The zero-order chi connectivity index (χ0) is 35.8. The fourth-order valence-corrected chi connectivity index (χ4v) is 13.7. The van der Waals surface area contributed by atoms with Gasteiger partial charge in [0.15, 0.2) is 0 Å². The summed E-state index contributed by atoms with van der Waals surface area (Å²) < 4.78 is 12.9. The van der Waals surface area contributed by atoms with Crippen molar-refractivity contribution in [3.05, 3.63) is 115 Å². The van der Waals surface area contributed by atoms with Crippen molar-refractivity contribution in [1.82, 2.24) is 0 Å². The van der Waals surface area contributed by atoms with E-state index in [1.165, 1.54) is 21.7 Å². The number of allylic oxidation sites excluding steroid dienone is 3. The Kier molecular flexibility index (Phi) is 16.1. The van der Waals surface area contributed by atoms with Crippen LogP contribution in [-0.4, -0.2) is 43.5 Å². The van der Waals surface area contributed by atoms with Crippen LogP contribution in [-0.2, 0) is 14.0 Å². The number of esters is 1. The molecule has 1 aliphatic rings. The molecule has 0 amide bonds. The van der Waals surface area contributed by atoms with E-state index in [1.807, 2.05) is 18.7 Å².